The lowest BCUT2D eigenvalue weighted by molar-refractivity contribution is -0.483. The average Bonchev–Trinajstić information content (AvgIpc) is 2.45. The second kappa shape index (κ2) is 2.81. The summed E-state index contributed by atoms with van der Waals surface area (Å²) >= 11 is 0. The summed E-state index contributed by atoms with van der Waals surface area (Å²) < 4.78 is 0. The lowest BCUT2D eigenvalue weighted by Gasteiger charge is -2.35. The fourth-order valence-corrected chi connectivity index (χ4v) is 2.67. The van der Waals surface area contributed by atoms with Crippen molar-refractivity contribution >= 4 is 11.6 Å². The first-order chi connectivity index (χ1) is 7.67. The number of para-hydroxylation sites is 1. The smallest absolute Gasteiger partial charge is 0.267 e. The zero-order chi connectivity index (χ0) is 11.3. The summed E-state index contributed by atoms with van der Waals surface area (Å²) in [6.45, 7) is 0. The minimum absolute atomic E-state index is 0.370. The van der Waals surface area contributed by atoms with Crippen LogP contribution in [-0.4, -0.2) is 10.9 Å². The minimum Gasteiger partial charge on any atom is -0.267 e. The van der Waals surface area contributed by atoms with Crippen LogP contribution in [0.2, 0.25) is 0 Å². The molecule has 0 unspecified atom stereocenters. The molecule has 1 aliphatic heterocycles. The van der Waals surface area contributed by atoms with Gasteiger partial charge >= 0.3 is 0 Å². The maximum atomic E-state index is 12.1. The Hall–Kier alpha value is -1.91. The van der Waals surface area contributed by atoms with Crippen LogP contribution in [0.15, 0.2) is 24.3 Å². The number of hydrazine groups is 1. The van der Waals surface area contributed by atoms with Crippen molar-refractivity contribution in [2.45, 2.75) is 24.7 Å². The summed E-state index contributed by atoms with van der Waals surface area (Å²) in [5.41, 5.74) is 0.670. The topological polar surface area (TPSA) is 63.5 Å². The predicted molar refractivity (Wildman–Crippen MR) is 56.5 cm³/mol. The molecule has 0 atom stereocenters. The quantitative estimate of drug-likeness (QED) is 0.531. The van der Waals surface area contributed by atoms with E-state index in [1.165, 1.54) is 0 Å². The van der Waals surface area contributed by atoms with E-state index in [0.717, 1.165) is 24.8 Å². The van der Waals surface area contributed by atoms with Gasteiger partial charge < -0.3 is 0 Å². The zero-order valence-electron chi connectivity index (χ0n) is 8.55. The Balaban J connectivity index is 2.21. The molecular weight excluding hydrogens is 208 g/mol. The number of rotatable bonds is 1. The number of anilines is 1. The lowest BCUT2D eigenvalue weighted by atomic mass is 9.65. The predicted octanol–water partition coefficient (Wildman–Crippen LogP) is 1.65. The maximum absolute atomic E-state index is 12.1. The number of nitro groups is 1. The highest BCUT2D eigenvalue weighted by Gasteiger charge is 2.58. The second-order valence-corrected chi connectivity index (χ2v) is 4.31. The van der Waals surface area contributed by atoms with Crippen LogP contribution >= 0.6 is 0 Å². The highest BCUT2D eigenvalue weighted by Crippen LogP contribution is 2.53. The molecule has 1 spiro atoms. The first kappa shape index (κ1) is 9.33. The van der Waals surface area contributed by atoms with Gasteiger partial charge in [0.2, 0.25) is 0 Å². The highest BCUT2D eigenvalue weighted by molar-refractivity contribution is 6.07. The SMILES string of the molecule is O=C1N([N+](=O)[O-])c2ccccc2C12CCC2. The van der Waals surface area contributed by atoms with Gasteiger partial charge in [-0.15, -0.1) is 0 Å². The molecule has 1 heterocycles. The Morgan fingerprint density at radius 3 is 2.56 bits per heavy atom. The minimum atomic E-state index is -0.617. The standard InChI is InChI=1S/C11H10N2O3/c14-10-11(6-3-7-11)8-4-1-2-5-9(8)12(10)13(15)16/h1-2,4-5H,3,6-7H2. The summed E-state index contributed by atoms with van der Waals surface area (Å²) in [5, 5.41) is 11.0. The third-order valence-electron chi connectivity index (χ3n) is 3.62. The van der Waals surface area contributed by atoms with Gasteiger partial charge in [0, 0.05) is 0 Å². The van der Waals surface area contributed by atoms with Gasteiger partial charge in [-0.25, -0.2) is 10.1 Å². The van der Waals surface area contributed by atoms with Crippen LogP contribution in [0.1, 0.15) is 24.8 Å². The summed E-state index contributed by atoms with van der Waals surface area (Å²) in [5.74, 6) is -0.370. The van der Waals surface area contributed by atoms with Crippen molar-refractivity contribution < 1.29 is 9.83 Å². The molecule has 2 aliphatic rings. The maximum Gasteiger partial charge on any atom is 0.300 e. The summed E-state index contributed by atoms with van der Waals surface area (Å²) in [7, 11) is 0. The van der Waals surface area contributed by atoms with Crippen molar-refractivity contribution in [2.24, 2.45) is 0 Å². The molecule has 1 fully saturated rings. The normalized spacial score (nSPS) is 20.8. The number of carbonyl (C=O) groups is 1. The van der Waals surface area contributed by atoms with Crippen molar-refractivity contribution in [1.29, 1.82) is 0 Å². The van der Waals surface area contributed by atoms with E-state index in [-0.39, 0.29) is 5.91 Å². The first-order valence-electron chi connectivity index (χ1n) is 5.25. The molecule has 1 aromatic carbocycles. The van der Waals surface area contributed by atoms with Crippen molar-refractivity contribution in [1.82, 2.24) is 0 Å². The largest absolute Gasteiger partial charge is 0.300 e. The number of carbonyl (C=O) groups excluding carboxylic acids is 1. The third-order valence-corrected chi connectivity index (χ3v) is 3.62. The van der Waals surface area contributed by atoms with Gasteiger partial charge in [0.1, 0.15) is 5.69 Å². The van der Waals surface area contributed by atoms with Gasteiger partial charge in [0.05, 0.1) is 5.41 Å². The summed E-state index contributed by atoms with van der Waals surface area (Å²) in [6.07, 6.45) is 2.42. The van der Waals surface area contributed by atoms with Gasteiger partial charge in [0.25, 0.3) is 5.91 Å². The molecular formula is C11H10N2O3. The molecule has 5 nitrogen and oxygen atoms in total. The zero-order valence-corrected chi connectivity index (χ0v) is 8.55. The molecule has 82 valence electrons. The second-order valence-electron chi connectivity index (χ2n) is 4.31. The molecule has 16 heavy (non-hydrogen) atoms. The fourth-order valence-electron chi connectivity index (χ4n) is 2.67. The highest BCUT2D eigenvalue weighted by atomic mass is 16.7. The Labute approximate surface area is 91.8 Å². The number of fused-ring (bicyclic) bond motifs is 2. The first-order valence-corrected chi connectivity index (χ1v) is 5.25. The Morgan fingerprint density at radius 1 is 1.31 bits per heavy atom. The monoisotopic (exact) mass is 218 g/mol. The molecule has 1 saturated carbocycles. The van der Waals surface area contributed by atoms with Crippen LogP contribution < -0.4 is 5.01 Å². The molecule has 0 radical (unpaired) electrons. The van der Waals surface area contributed by atoms with Crippen LogP contribution in [-0.2, 0) is 10.2 Å². The van der Waals surface area contributed by atoms with Gasteiger partial charge in [0.15, 0.2) is 5.03 Å². The van der Waals surface area contributed by atoms with Crippen LogP contribution in [0.4, 0.5) is 5.69 Å². The van der Waals surface area contributed by atoms with E-state index in [4.69, 9.17) is 0 Å². The Kier molecular flexibility index (Phi) is 1.64. The molecule has 3 rings (SSSR count). The van der Waals surface area contributed by atoms with Gasteiger partial charge in [-0.1, -0.05) is 24.6 Å². The van der Waals surface area contributed by atoms with Crippen molar-refractivity contribution in [3.63, 3.8) is 0 Å². The van der Waals surface area contributed by atoms with E-state index < -0.39 is 10.4 Å². The van der Waals surface area contributed by atoms with Gasteiger partial charge in [-0.3, -0.25) is 4.79 Å². The van der Waals surface area contributed by atoms with Crippen LogP contribution in [0.3, 0.4) is 0 Å². The average molecular weight is 218 g/mol. The molecule has 5 heteroatoms. The Morgan fingerprint density at radius 2 is 2.00 bits per heavy atom. The van der Waals surface area contributed by atoms with Crippen LogP contribution in [0.25, 0.3) is 0 Å². The fraction of sp³-hybridized carbons (Fsp3) is 0.364. The Bertz CT molecular complexity index is 494. The van der Waals surface area contributed by atoms with Crippen LogP contribution in [0.5, 0.6) is 0 Å². The summed E-state index contributed by atoms with van der Waals surface area (Å²) in [6, 6.07) is 7.02. The van der Waals surface area contributed by atoms with Crippen molar-refractivity contribution in [3.05, 3.63) is 39.9 Å². The molecule has 0 bridgehead atoms. The summed E-state index contributed by atoms with van der Waals surface area (Å²) in [4.78, 5) is 23.0. The van der Waals surface area contributed by atoms with Crippen LogP contribution in [0, 0.1) is 10.1 Å². The van der Waals surface area contributed by atoms with E-state index in [1.807, 2.05) is 12.1 Å². The van der Waals surface area contributed by atoms with Gasteiger partial charge in [-0.2, -0.15) is 0 Å². The van der Waals surface area contributed by atoms with E-state index in [1.54, 1.807) is 12.1 Å². The van der Waals surface area contributed by atoms with E-state index in [0.29, 0.717) is 10.7 Å². The number of benzene rings is 1. The molecule has 1 aliphatic carbocycles. The number of hydrogen-bond donors (Lipinski definition) is 0. The molecule has 0 N–H and O–H groups in total. The molecule has 1 aromatic rings. The number of amides is 1. The molecule has 0 saturated heterocycles. The van der Waals surface area contributed by atoms with Crippen molar-refractivity contribution in [2.75, 3.05) is 5.01 Å². The van der Waals surface area contributed by atoms with Crippen molar-refractivity contribution in [3.8, 4) is 0 Å². The van der Waals surface area contributed by atoms with Gasteiger partial charge in [-0.05, 0) is 29.5 Å². The number of nitrogens with zero attached hydrogens (tertiary/aromatic N) is 2. The number of hydrogen-bond acceptors (Lipinski definition) is 3. The molecule has 1 amide bonds. The van der Waals surface area contributed by atoms with E-state index in [2.05, 4.69) is 0 Å². The lowest BCUT2D eigenvalue weighted by Crippen LogP contribution is -2.46. The molecule has 0 aromatic heterocycles. The van der Waals surface area contributed by atoms with E-state index in [9.17, 15) is 14.9 Å². The van der Waals surface area contributed by atoms with E-state index >= 15 is 0 Å². The third kappa shape index (κ3) is 0.881.